The average Bonchev–Trinajstić information content (AvgIpc) is 3.18. The highest BCUT2D eigenvalue weighted by molar-refractivity contribution is 6.30. The number of likely N-dealkylation sites (tertiary alicyclic amines) is 1. The molecule has 0 saturated carbocycles. The van der Waals surface area contributed by atoms with Crippen molar-refractivity contribution in [1.29, 1.82) is 0 Å². The van der Waals surface area contributed by atoms with Gasteiger partial charge in [0.05, 0.1) is 32.4 Å². The summed E-state index contributed by atoms with van der Waals surface area (Å²) in [6.45, 7) is 5.43. The Kier molecular flexibility index (Phi) is 5.48. The van der Waals surface area contributed by atoms with Crippen LogP contribution in [0.5, 0.6) is 11.5 Å². The number of methoxy groups -OCH3 is 1. The minimum atomic E-state index is 0.522. The molecule has 0 bridgehead atoms. The predicted octanol–water partition coefficient (Wildman–Crippen LogP) is 3.83. The van der Waals surface area contributed by atoms with Gasteiger partial charge in [-0.3, -0.25) is 0 Å². The SMILES string of the molecule is COc1cc2c3c(c(Cl)nc2cc1OCCCN1CCCC1)COCC3. The summed E-state index contributed by atoms with van der Waals surface area (Å²) in [7, 11) is 1.68. The van der Waals surface area contributed by atoms with E-state index in [2.05, 4.69) is 9.88 Å². The molecule has 0 atom stereocenters. The zero-order valence-electron chi connectivity index (χ0n) is 15.2. The van der Waals surface area contributed by atoms with Gasteiger partial charge in [0.25, 0.3) is 0 Å². The number of nitrogens with zero attached hydrogens (tertiary/aromatic N) is 2. The molecule has 5 nitrogen and oxygen atoms in total. The molecule has 1 fully saturated rings. The van der Waals surface area contributed by atoms with E-state index in [1.54, 1.807) is 7.11 Å². The maximum atomic E-state index is 6.38. The van der Waals surface area contributed by atoms with Gasteiger partial charge in [-0.05, 0) is 50.4 Å². The lowest BCUT2D eigenvalue weighted by molar-refractivity contribution is 0.111. The Labute approximate surface area is 159 Å². The van der Waals surface area contributed by atoms with Crippen LogP contribution in [0.15, 0.2) is 12.1 Å². The van der Waals surface area contributed by atoms with Crippen LogP contribution in [0.3, 0.4) is 0 Å². The van der Waals surface area contributed by atoms with Gasteiger partial charge in [0.15, 0.2) is 11.5 Å². The van der Waals surface area contributed by atoms with E-state index in [9.17, 15) is 0 Å². The topological polar surface area (TPSA) is 43.8 Å². The number of halogens is 1. The van der Waals surface area contributed by atoms with Crippen molar-refractivity contribution in [2.24, 2.45) is 0 Å². The van der Waals surface area contributed by atoms with Gasteiger partial charge in [-0.25, -0.2) is 4.98 Å². The van der Waals surface area contributed by atoms with Gasteiger partial charge in [0.1, 0.15) is 5.15 Å². The Morgan fingerprint density at radius 1 is 1.19 bits per heavy atom. The second-order valence-electron chi connectivity index (χ2n) is 6.93. The van der Waals surface area contributed by atoms with Crippen molar-refractivity contribution in [2.75, 3.05) is 40.0 Å². The van der Waals surface area contributed by atoms with Crippen LogP contribution >= 0.6 is 11.6 Å². The maximum absolute atomic E-state index is 6.38. The summed E-state index contributed by atoms with van der Waals surface area (Å²) >= 11 is 6.38. The lowest BCUT2D eigenvalue weighted by atomic mass is 9.99. The van der Waals surface area contributed by atoms with Crippen molar-refractivity contribution in [3.8, 4) is 11.5 Å². The minimum Gasteiger partial charge on any atom is -0.493 e. The number of benzene rings is 1. The summed E-state index contributed by atoms with van der Waals surface area (Å²) in [6.07, 6.45) is 4.49. The van der Waals surface area contributed by atoms with Crippen LogP contribution in [0.25, 0.3) is 10.9 Å². The van der Waals surface area contributed by atoms with Crippen molar-refractivity contribution >= 4 is 22.5 Å². The van der Waals surface area contributed by atoms with E-state index in [-0.39, 0.29) is 0 Å². The molecule has 0 spiro atoms. The molecule has 1 aromatic carbocycles. The molecule has 0 amide bonds. The van der Waals surface area contributed by atoms with E-state index in [1.807, 2.05) is 12.1 Å². The van der Waals surface area contributed by atoms with Gasteiger partial charge in [0, 0.05) is 23.6 Å². The largest absolute Gasteiger partial charge is 0.493 e. The molecule has 2 aliphatic rings. The minimum absolute atomic E-state index is 0.522. The van der Waals surface area contributed by atoms with Gasteiger partial charge in [-0.1, -0.05) is 11.6 Å². The van der Waals surface area contributed by atoms with E-state index in [4.69, 9.17) is 25.8 Å². The highest BCUT2D eigenvalue weighted by atomic mass is 35.5. The average molecular weight is 377 g/mol. The van der Waals surface area contributed by atoms with Crippen LogP contribution in [-0.4, -0.2) is 49.8 Å². The number of pyridine rings is 1. The molecule has 4 rings (SSSR count). The molecule has 1 saturated heterocycles. The molecule has 26 heavy (non-hydrogen) atoms. The first-order valence-corrected chi connectivity index (χ1v) is 9.76. The maximum Gasteiger partial charge on any atom is 0.163 e. The lowest BCUT2D eigenvalue weighted by Crippen LogP contribution is -2.21. The molecule has 6 heteroatoms. The van der Waals surface area contributed by atoms with E-state index in [0.717, 1.165) is 47.4 Å². The highest BCUT2D eigenvalue weighted by Crippen LogP contribution is 2.37. The second-order valence-corrected chi connectivity index (χ2v) is 7.29. The Hall–Kier alpha value is -1.56. The smallest absolute Gasteiger partial charge is 0.163 e. The van der Waals surface area contributed by atoms with Crippen molar-refractivity contribution < 1.29 is 14.2 Å². The second kappa shape index (κ2) is 7.99. The van der Waals surface area contributed by atoms with Gasteiger partial charge < -0.3 is 19.1 Å². The fourth-order valence-corrected chi connectivity index (χ4v) is 4.13. The molecule has 2 aromatic rings. The van der Waals surface area contributed by atoms with E-state index in [0.29, 0.717) is 25.0 Å². The van der Waals surface area contributed by atoms with E-state index in [1.165, 1.54) is 31.5 Å². The van der Waals surface area contributed by atoms with Gasteiger partial charge in [0.2, 0.25) is 0 Å². The third-order valence-electron chi connectivity index (χ3n) is 5.26. The zero-order valence-corrected chi connectivity index (χ0v) is 16.0. The summed E-state index contributed by atoms with van der Waals surface area (Å²) in [6, 6.07) is 3.98. The molecule has 0 N–H and O–H groups in total. The fraction of sp³-hybridized carbons (Fsp3) is 0.550. The molecule has 2 aliphatic heterocycles. The van der Waals surface area contributed by atoms with Gasteiger partial charge >= 0.3 is 0 Å². The van der Waals surface area contributed by atoms with Crippen molar-refractivity contribution in [3.63, 3.8) is 0 Å². The number of hydrogen-bond acceptors (Lipinski definition) is 5. The van der Waals surface area contributed by atoms with E-state index < -0.39 is 0 Å². The fourth-order valence-electron chi connectivity index (χ4n) is 3.87. The molecule has 0 radical (unpaired) electrons. The first-order valence-electron chi connectivity index (χ1n) is 9.38. The number of aromatic nitrogens is 1. The highest BCUT2D eigenvalue weighted by Gasteiger charge is 2.20. The van der Waals surface area contributed by atoms with E-state index >= 15 is 0 Å². The quantitative estimate of drug-likeness (QED) is 0.566. The van der Waals surface area contributed by atoms with Crippen molar-refractivity contribution in [3.05, 3.63) is 28.4 Å². The number of hydrogen-bond donors (Lipinski definition) is 0. The molecular weight excluding hydrogens is 352 g/mol. The van der Waals surface area contributed by atoms with Crippen molar-refractivity contribution in [2.45, 2.75) is 32.3 Å². The molecule has 3 heterocycles. The van der Waals surface area contributed by atoms with Crippen LogP contribution in [0.2, 0.25) is 5.15 Å². The molecule has 0 unspecified atom stereocenters. The normalized spacial score (nSPS) is 17.5. The first-order chi connectivity index (χ1) is 12.8. The molecule has 1 aromatic heterocycles. The summed E-state index contributed by atoms with van der Waals surface area (Å²) in [4.78, 5) is 7.05. The Balaban J connectivity index is 1.54. The zero-order chi connectivity index (χ0) is 17.9. The summed E-state index contributed by atoms with van der Waals surface area (Å²) in [5.41, 5.74) is 3.06. The molecular formula is C20H25ClN2O3. The molecule has 0 aliphatic carbocycles. The molecule has 140 valence electrons. The Bertz CT molecular complexity index is 790. The Morgan fingerprint density at radius 3 is 2.85 bits per heavy atom. The third kappa shape index (κ3) is 3.61. The Morgan fingerprint density at radius 2 is 2.04 bits per heavy atom. The first kappa shape index (κ1) is 17.8. The summed E-state index contributed by atoms with van der Waals surface area (Å²) in [5.74, 6) is 1.48. The predicted molar refractivity (Wildman–Crippen MR) is 102 cm³/mol. The number of ether oxygens (including phenoxy) is 3. The third-order valence-corrected chi connectivity index (χ3v) is 5.57. The van der Waals surface area contributed by atoms with Gasteiger partial charge in [-0.2, -0.15) is 0 Å². The van der Waals surface area contributed by atoms with Crippen LogP contribution in [0.1, 0.15) is 30.4 Å². The van der Waals surface area contributed by atoms with Crippen molar-refractivity contribution in [1.82, 2.24) is 9.88 Å². The summed E-state index contributed by atoms with van der Waals surface area (Å²) < 4.78 is 17.1. The van der Waals surface area contributed by atoms with Gasteiger partial charge in [-0.15, -0.1) is 0 Å². The lowest BCUT2D eigenvalue weighted by Gasteiger charge is -2.20. The number of fused-ring (bicyclic) bond motifs is 3. The van der Waals surface area contributed by atoms with Crippen LogP contribution < -0.4 is 9.47 Å². The standard InChI is InChI=1S/C20H25ClN2O3/c1-24-18-11-15-14-5-10-25-13-16(14)20(21)22-17(15)12-19(18)26-9-4-8-23-6-2-3-7-23/h11-12H,2-10,13H2,1H3. The van der Waals surface area contributed by atoms with Crippen LogP contribution in [0.4, 0.5) is 0 Å². The number of rotatable bonds is 6. The van der Waals surface area contributed by atoms with Crippen LogP contribution in [-0.2, 0) is 17.8 Å². The monoisotopic (exact) mass is 376 g/mol. The van der Waals surface area contributed by atoms with Crippen LogP contribution in [0, 0.1) is 0 Å². The summed E-state index contributed by atoms with van der Waals surface area (Å²) in [5, 5.41) is 1.60.